The van der Waals surface area contributed by atoms with Crippen molar-refractivity contribution in [3.8, 4) is 5.88 Å². The molecule has 0 bridgehead atoms. The van der Waals surface area contributed by atoms with E-state index in [1.165, 1.54) is 23.2 Å². The molecule has 29 heavy (non-hydrogen) atoms. The van der Waals surface area contributed by atoms with Crippen molar-refractivity contribution in [3.05, 3.63) is 83.3 Å². The first-order valence-corrected chi connectivity index (χ1v) is 8.82. The molecule has 3 rings (SSSR count). The minimum Gasteiger partial charge on any atom is -0.468 e. The smallest absolute Gasteiger partial charge is 0.422 e. The Morgan fingerprint density at radius 1 is 1.03 bits per heavy atom. The number of hydrogen-bond acceptors (Lipinski definition) is 4. The number of rotatable bonds is 6. The van der Waals surface area contributed by atoms with Crippen molar-refractivity contribution in [2.45, 2.75) is 12.7 Å². The molecule has 9 heteroatoms. The van der Waals surface area contributed by atoms with Gasteiger partial charge in [0.2, 0.25) is 5.88 Å². The number of hydrogen-bond donors (Lipinski definition) is 0. The Labute approximate surface area is 169 Å². The monoisotopic (exact) mass is 421 g/mol. The summed E-state index contributed by atoms with van der Waals surface area (Å²) in [7, 11) is 0. The first-order valence-electron chi connectivity index (χ1n) is 8.45. The number of alkyl halides is 3. The molecule has 0 aliphatic rings. The lowest BCUT2D eigenvalue weighted by Crippen LogP contribution is -2.30. The van der Waals surface area contributed by atoms with E-state index < -0.39 is 18.7 Å². The van der Waals surface area contributed by atoms with Gasteiger partial charge in [-0.25, -0.2) is 4.98 Å². The number of halogens is 4. The molecule has 0 aliphatic carbocycles. The number of benzene rings is 1. The largest absolute Gasteiger partial charge is 0.468 e. The highest BCUT2D eigenvalue weighted by atomic mass is 35.5. The first kappa shape index (κ1) is 20.6. The molecule has 2 heterocycles. The maximum atomic E-state index is 13.1. The molecule has 0 N–H and O–H groups in total. The Hall–Kier alpha value is -3.13. The molecule has 2 aromatic heterocycles. The second-order valence-electron chi connectivity index (χ2n) is 5.98. The highest BCUT2D eigenvalue weighted by Crippen LogP contribution is 2.23. The maximum Gasteiger partial charge on any atom is 0.422 e. The summed E-state index contributed by atoms with van der Waals surface area (Å²) in [5.74, 6) is -0.616. The number of anilines is 1. The molecule has 0 atom stereocenters. The van der Waals surface area contributed by atoms with Crippen molar-refractivity contribution < 1.29 is 22.7 Å². The van der Waals surface area contributed by atoms with Crippen molar-refractivity contribution in [3.63, 3.8) is 0 Å². The average Bonchev–Trinajstić information content (AvgIpc) is 2.71. The van der Waals surface area contributed by atoms with E-state index in [4.69, 9.17) is 11.6 Å². The quantitative estimate of drug-likeness (QED) is 0.567. The van der Waals surface area contributed by atoms with Gasteiger partial charge in [0.1, 0.15) is 0 Å². The number of ether oxygens (including phenoxy) is 1. The summed E-state index contributed by atoms with van der Waals surface area (Å²) in [6.07, 6.45) is -1.67. The van der Waals surface area contributed by atoms with Gasteiger partial charge in [-0.2, -0.15) is 13.2 Å². The van der Waals surface area contributed by atoms with Crippen LogP contribution in [0.2, 0.25) is 5.02 Å². The molecule has 0 spiro atoms. The Morgan fingerprint density at radius 2 is 1.79 bits per heavy atom. The summed E-state index contributed by atoms with van der Waals surface area (Å²) >= 11 is 5.93. The molecule has 0 aliphatic heterocycles. The van der Waals surface area contributed by atoms with Crippen LogP contribution in [0.25, 0.3) is 0 Å². The minimum atomic E-state index is -4.47. The van der Waals surface area contributed by atoms with Gasteiger partial charge in [-0.1, -0.05) is 17.7 Å². The Bertz CT molecular complexity index is 949. The summed E-state index contributed by atoms with van der Waals surface area (Å²) in [6, 6.07) is 14.6. The Kier molecular flexibility index (Phi) is 6.33. The lowest BCUT2D eigenvalue weighted by atomic mass is 10.2. The third kappa shape index (κ3) is 5.92. The first-order chi connectivity index (χ1) is 13.8. The molecule has 0 fully saturated rings. The van der Waals surface area contributed by atoms with Crippen molar-refractivity contribution in [2.75, 3.05) is 11.5 Å². The van der Waals surface area contributed by atoms with Crippen LogP contribution in [-0.4, -0.2) is 28.7 Å². The Morgan fingerprint density at radius 3 is 2.38 bits per heavy atom. The van der Waals surface area contributed by atoms with Gasteiger partial charge in [0, 0.05) is 29.2 Å². The third-order valence-corrected chi connectivity index (χ3v) is 4.05. The van der Waals surface area contributed by atoms with Crippen molar-refractivity contribution in [1.29, 1.82) is 0 Å². The van der Waals surface area contributed by atoms with Gasteiger partial charge in [0.15, 0.2) is 6.61 Å². The van der Waals surface area contributed by atoms with Gasteiger partial charge in [0.25, 0.3) is 5.91 Å². The number of carbonyl (C=O) groups excluding carboxylic acids is 1. The van der Waals surface area contributed by atoms with Crippen LogP contribution in [0.5, 0.6) is 5.88 Å². The molecule has 1 amide bonds. The minimum absolute atomic E-state index is 0.188. The lowest BCUT2D eigenvalue weighted by molar-refractivity contribution is -0.154. The summed E-state index contributed by atoms with van der Waals surface area (Å²) in [6.45, 7) is -1.27. The summed E-state index contributed by atoms with van der Waals surface area (Å²) in [4.78, 5) is 22.6. The summed E-state index contributed by atoms with van der Waals surface area (Å²) < 4.78 is 41.3. The lowest BCUT2D eigenvalue weighted by Gasteiger charge is -2.23. The average molecular weight is 422 g/mol. The van der Waals surface area contributed by atoms with E-state index in [-0.39, 0.29) is 18.0 Å². The van der Waals surface area contributed by atoms with Gasteiger partial charge in [-0.15, -0.1) is 0 Å². The van der Waals surface area contributed by atoms with Gasteiger partial charge in [0.05, 0.1) is 17.8 Å². The van der Waals surface area contributed by atoms with Crippen LogP contribution in [0.1, 0.15) is 16.1 Å². The van der Waals surface area contributed by atoms with Crippen LogP contribution in [0.4, 0.5) is 18.9 Å². The molecular weight excluding hydrogens is 407 g/mol. The van der Waals surface area contributed by atoms with E-state index in [1.807, 2.05) is 0 Å². The van der Waals surface area contributed by atoms with Crippen molar-refractivity contribution in [2.24, 2.45) is 0 Å². The van der Waals surface area contributed by atoms with E-state index in [9.17, 15) is 18.0 Å². The molecule has 0 unspecified atom stereocenters. The molecule has 3 aromatic rings. The predicted molar refractivity (Wildman–Crippen MR) is 102 cm³/mol. The number of carbonyl (C=O) groups is 1. The highest BCUT2D eigenvalue weighted by Gasteiger charge is 2.28. The van der Waals surface area contributed by atoms with Gasteiger partial charge < -0.3 is 9.64 Å². The standard InChI is InChI=1S/C20H15ClF3N3O2/c21-15-5-7-17(8-6-15)27(12-16-3-1-2-10-25-16)19(28)14-4-9-18(26-11-14)29-13-20(22,23)24/h1-11H,12-13H2. The van der Waals surface area contributed by atoms with E-state index in [0.717, 1.165) is 0 Å². The van der Waals surface area contributed by atoms with E-state index >= 15 is 0 Å². The number of aromatic nitrogens is 2. The van der Waals surface area contributed by atoms with Crippen molar-refractivity contribution >= 4 is 23.2 Å². The number of amides is 1. The second kappa shape index (κ2) is 8.91. The molecule has 150 valence electrons. The molecule has 0 saturated heterocycles. The van der Waals surface area contributed by atoms with Gasteiger partial charge in [-0.05, 0) is 42.5 Å². The molecule has 0 radical (unpaired) electrons. The zero-order valence-corrected chi connectivity index (χ0v) is 15.7. The highest BCUT2D eigenvalue weighted by molar-refractivity contribution is 6.30. The van der Waals surface area contributed by atoms with Gasteiger partial charge in [-0.3, -0.25) is 9.78 Å². The van der Waals surface area contributed by atoms with E-state index in [2.05, 4.69) is 14.7 Å². The molecular formula is C20H15ClF3N3O2. The van der Waals surface area contributed by atoms with Crippen LogP contribution in [0.3, 0.4) is 0 Å². The number of pyridine rings is 2. The molecule has 1 aromatic carbocycles. The SMILES string of the molecule is O=C(c1ccc(OCC(F)(F)F)nc1)N(Cc1ccccn1)c1ccc(Cl)cc1. The van der Waals surface area contributed by atoms with Crippen LogP contribution in [0, 0.1) is 0 Å². The topological polar surface area (TPSA) is 55.3 Å². The normalized spacial score (nSPS) is 11.2. The predicted octanol–water partition coefficient (Wildman–Crippen LogP) is 4.92. The zero-order chi connectivity index (χ0) is 20.9. The summed E-state index contributed by atoms with van der Waals surface area (Å²) in [5.41, 5.74) is 1.44. The van der Waals surface area contributed by atoms with E-state index in [1.54, 1.807) is 48.7 Å². The fourth-order valence-electron chi connectivity index (χ4n) is 2.46. The van der Waals surface area contributed by atoms with Crippen LogP contribution < -0.4 is 9.64 Å². The van der Waals surface area contributed by atoms with Crippen molar-refractivity contribution in [1.82, 2.24) is 9.97 Å². The van der Waals surface area contributed by atoms with Gasteiger partial charge >= 0.3 is 6.18 Å². The zero-order valence-electron chi connectivity index (χ0n) is 14.9. The van der Waals surface area contributed by atoms with Crippen LogP contribution >= 0.6 is 11.6 Å². The fraction of sp³-hybridized carbons (Fsp3) is 0.150. The third-order valence-electron chi connectivity index (χ3n) is 3.80. The van der Waals surface area contributed by atoms with Crippen LogP contribution in [-0.2, 0) is 6.54 Å². The Balaban J connectivity index is 1.83. The number of nitrogens with zero attached hydrogens (tertiary/aromatic N) is 3. The fourth-order valence-corrected chi connectivity index (χ4v) is 2.58. The maximum absolute atomic E-state index is 13.1. The van der Waals surface area contributed by atoms with E-state index in [0.29, 0.717) is 16.4 Å². The molecule has 5 nitrogen and oxygen atoms in total. The molecule has 0 saturated carbocycles. The summed E-state index contributed by atoms with van der Waals surface area (Å²) in [5, 5.41) is 0.520. The van der Waals surface area contributed by atoms with Crippen LogP contribution in [0.15, 0.2) is 67.0 Å². The second-order valence-corrected chi connectivity index (χ2v) is 6.41.